The van der Waals surface area contributed by atoms with Gasteiger partial charge in [0.2, 0.25) is 0 Å². The molecule has 0 saturated heterocycles. The van der Waals surface area contributed by atoms with Gasteiger partial charge in [-0.15, -0.1) is 10.2 Å². The molecule has 0 unspecified atom stereocenters. The van der Waals surface area contributed by atoms with E-state index in [1.807, 2.05) is 12.4 Å². The van der Waals surface area contributed by atoms with E-state index in [0.717, 1.165) is 25.9 Å². The molecule has 0 radical (unpaired) electrons. The zero-order chi connectivity index (χ0) is 14.4. The first-order chi connectivity index (χ1) is 9.65. The Morgan fingerprint density at radius 2 is 2.15 bits per heavy atom. The van der Waals surface area contributed by atoms with Gasteiger partial charge in [0.15, 0.2) is 11.0 Å². The lowest BCUT2D eigenvalue weighted by Gasteiger charge is -2.06. The summed E-state index contributed by atoms with van der Waals surface area (Å²) < 4.78 is 1.72. The Labute approximate surface area is 124 Å². The Hall–Kier alpha value is -1.46. The molecule has 5 nitrogen and oxygen atoms in total. The van der Waals surface area contributed by atoms with Gasteiger partial charge in [-0.3, -0.25) is 0 Å². The second-order valence-corrected chi connectivity index (χ2v) is 5.60. The van der Waals surface area contributed by atoms with Gasteiger partial charge in [0, 0.05) is 6.20 Å². The van der Waals surface area contributed by atoms with Crippen LogP contribution in [-0.2, 0) is 6.42 Å². The van der Waals surface area contributed by atoms with E-state index in [4.69, 9.17) is 11.6 Å². The molecular formula is C14H20ClN5. The summed E-state index contributed by atoms with van der Waals surface area (Å²) in [6.07, 6.45) is 5.97. The van der Waals surface area contributed by atoms with Crippen molar-refractivity contribution in [3.05, 3.63) is 35.2 Å². The Bertz CT molecular complexity index is 521. The molecule has 0 bridgehead atoms. The van der Waals surface area contributed by atoms with Gasteiger partial charge in [-0.05, 0) is 49.5 Å². The maximum Gasteiger partial charge on any atom is 0.175 e. The van der Waals surface area contributed by atoms with Crippen molar-refractivity contribution in [2.45, 2.75) is 26.7 Å². The maximum atomic E-state index is 5.71. The molecule has 108 valence electrons. The Morgan fingerprint density at radius 1 is 1.30 bits per heavy atom. The monoisotopic (exact) mass is 293 g/mol. The van der Waals surface area contributed by atoms with Gasteiger partial charge in [0.05, 0.1) is 6.20 Å². The second kappa shape index (κ2) is 7.36. The smallest absolute Gasteiger partial charge is 0.175 e. The Balaban J connectivity index is 1.82. The molecule has 6 heteroatoms. The van der Waals surface area contributed by atoms with E-state index in [2.05, 4.69) is 34.5 Å². The fourth-order valence-electron chi connectivity index (χ4n) is 1.85. The van der Waals surface area contributed by atoms with Gasteiger partial charge in [-0.2, -0.15) is 5.10 Å². The molecule has 2 rings (SSSR count). The molecule has 0 saturated carbocycles. The van der Waals surface area contributed by atoms with Crippen LogP contribution in [0.3, 0.4) is 0 Å². The van der Waals surface area contributed by atoms with Crippen molar-refractivity contribution in [1.82, 2.24) is 25.3 Å². The van der Waals surface area contributed by atoms with Crippen LogP contribution in [0.5, 0.6) is 0 Å². The van der Waals surface area contributed by atoms with Crippen molar-refractivity contribution in [3.8, 4) is 5.82 Å². The molecule has 0 aliphatic heterocycles. The highest BCUT2D eigenvalue weighted by Gasteiger charge is 2.03. The van der Waals surface area contributed by atoms with Crippen molar-refractivity contribution >= 4 is 11.6 Å². The lowest BCUT2D eigenvalue weighted by Crippen LogP contribution is -2.20. The van der Waals surface area contributed by atoms with Crippen LogP contribution in [0.15, 0.2) is 24.5 Å². The molecule has 2 aromatic rings. The van der Waals surface area contributed by atoms with E-state index in [-0.39, 0.29) is 0 Å². The molecule has 2 heterocycles. The zero-order valence-corrected chi connectivity index (χ0v) is 12.6. The van der Waals surface area contributed by atoms with Gasteiger partial charge in [0.1, 0.15) is 0 Å². The maximum absolute atomic E-state index is 5.71. The average Bonchev–Trinajstić information content (AvgIpc) is 2.87. The summed E-state index contributed by atoms with van der Waals surface area (Å²) >= 11 is 5.71. The highest BCUT2D eigenvalue weighted by molar-refractivity contribution is 6.29. The van der Waals surface area contributed by atoms with Gasteiger partial charge >= 0.3 is 0 Å². The topological polar surface area (TPSA) is 55.6 Å². The molecule has 0 spiro atoms. The molecule has 0 fully saturated rings. The standard InChI is InChI=1S/C14H20ClN5/c1-11(2)8-16-7-3-4-12-9-17-20(10-12)14-6-5-13(15)18-19-14/h5-6,9-11,16H,3-4,7-8H2,1-2H3. The third-order valence-electron chi connectivity index (χ3n) is 2.86. The lowest BCUT2D eigenvalue weighted by atomic mass is 10.2. The number of nitrogens with one attached hydrogen (secondary N) is 1. The van der Waals surface area contributed by atoms with E-state index in [0.29, 0.717) is 16.9 Å². The average molecular weight is 294 g/mol. The number of rotatable bonds is 7. The van der Waals surface area contributed by atoms with Gasteiger partial charge < -0.3 is 5.32 Å². The number of hydrogen-bond donors (Lipinski definition) is 1. The van der Waals surface area contributed by atoms with Crippen LogP contribution >= 0.6 is 11.6 Å². The molecule has 0 amide bonds. The molecule has 2 aromatic heterocycles. The number of halogens is 1. The van der Waals surface area contributed by atoms with E-state index in [9.17, 15) is 0 Å². The van der Waals surface area contributed by atoms with Gasteiger partial charge in [-0.1, -0.05) is 25.4 Å². The minimum absolute atomic E-state index is 0.386. The zero-order valence-electron chi connectivity index (χ0n) is 11.9. The fourth-order valence-corrected chi connectivity index (χ4v) is 1.95. The molecule has 0 aliphatic carbocycles. The van der Waals surface area contributed by atoms with Gasteiger partial charge in [0.25, 0.3) is 0 Å². The first kappa shape index (κ1) is 14.9. The van der Waals surface area contributed by atoms with Crippen molar-refractivity contribution in [3.63, 3.8) is 0 Å². The predicted octanol–water partition coefficient (Wildman–Crippen LogP) is 2.49. The summed E-state index contributed by atoms with van der Waals surface area (Å²) in [4.78, 5) is 0. The number of aromatic nitrogens is 4. The van der Waals surface area contributed by atoms with Crippen LogP contribution in [-0.4, -0.2) is 33.1 Å². The number of nitrogens with zero attached hydrogens (tertiary/aromatic N) is 4. The quantitative estimate of drug-likeness (QED) is 0.797. The number of aryl methyl sites for hydroxylation is 1. The van der Waals surface area contributed by atoms with Crippen LogP contribution in [0.2, 0.25) is 5.15 Å². The SMILES string of the molecule is CC(C)CNCCCc1cnn(-c2ccc(Cl)nn2)c1. The number of hydrogen-bond acceptors (Lipinski definition) is 4. The minimum Gasteiger partial charge on any atom is -0.316 e. The largest absolute Gasteiger partial charge is 0.316 e. The summed E-state index contributed by atoms with van der Waals surface area (Å²) in [5.74, 6) is 1.37. The van der Waals surface area contributed by atoms with Crippen molar-refractivity contribution < 1.29 is 0 Å². The minimum atomic E-state index is 0.386. The highest BCUT2D eigenvalue weighted by atomic mass is 35.5. The molecular weight excluding hydrogens is 274 g/mol. The van der Waals surface area contributed by atoms with Crippen LogP contribution in [0.25, 0.3) is 5.82 Å². The van der Waals surface area contributed by atoms with Gasteiger partial charge in [-0.25, -0.2) is 4.68 Å². The Kier molecular flexibility index (Phi) is 5.49. The summed E-state index contributed by atoms with van der Waals surface area (Å²) in [5, 5.41) is 15.9. The van der Waals surface area contributed by atoms with Crippen molar-refractivity contribution in [2.24, 2.45) is 5.92 Å². The first-order valence-electron chi connectivity index (χ1n) is 6.89. The highest BCUT2D eigenvalue weighted by Crippen LogP contribution is 2.08. The van der Waals surface area contributed by atoms with Crippen molar-refractivity contribution in [2.75, 3.05) is 13.1 Å². The van der Waals surface area contributed by atoms with E-state index in [1.165, 1.54) is 5.56 Å². The molecule has 0 aromatic carbocycles. The fraction of sp³-hybridized carbons (Fsp3) is 0.500. The van der Waals surface area contributed by atoms with Crippen LogP contribution < -0.4 is 5.32 Å². The molecule has 20 heavy (non-hydrogen) atoms. The Morgan fingerprint density at radius 3 is 2.85 bits per heavy atom. The van der Waals surface area contributed by atoms with E-state index >= 15 is 0 Å². The predicted molar refractivity (Wildman–Crippen MR) is 80.2 cm³/mol. The molecule has 0 aliphatic rings. The third-order valence-corrected chi connectivity index (χ3v) is 3.06. The van der Waals surface area contributed by atoms with E-state index < -0.39 is 0 Å². The molecule has 1 N–H and O–H groups in total. The summed E-state index contributed by atoms with van der Waals surface area (Å²) in [6.45, 7) is 6.53. The molecule has 0 atom stereocenters. The first-order valence-corrected chi connectivity index (χ1v) is 7.27. The summed E-state index contributed by atoms with van der Waals surface area (Å²) in [6, 6.07) is 3.51. The van der Waals surface area contributed by atoms with E-state index in [1.54, 1.807) is 16.8 Å². The normalized spacial score (nSPS) is 11.2. The summed E-state index contributed by atoms with van der Waals surface area (Å²) in [7, 11) is 0. The third kappa shape index (κ3) is 4.58. The van der Waals surface area contributed by atoms with Crippen molar-refractivity contribution in [1.29, 1.82) is 0 Å². The summed E-state index contributed by atoms with van der Waals surface area (Å²) in [5.41, 5.74) is 1.20. The van der Waals surface area contributed by atoms with Crippen LogP contribution in [0.1, 0.15) is 25.8 Å². The second-order valence-electron chi connectivity index (χ2n) is 5.21. The lowest BCUT2D eigenvalue weighted by molar-refractivity contribution is 0.543. The van der Waals surface area contributed by atoms with Crippen LogP contribution in [0, 0.1) is 5.92 Å². The van der Waals surface area contributed by atoms with Crippen LogP contribution in [0.4, 0.5) is 0 Å².